The summed E-state index contributed by atoms with van der Waals surface area (Å²) in [5.41, 5.74) is 7.15. The number of ether oxygens (including phenoxy) is 1. The molecule has 0 unspecified atom stereocenters. The number of aromatic nitrogens is 4. The van der Waals surface area contributed by atoms with Crippen molar-refractivity contribution >= 4 is 17.0 Å². The van der Waals surface area contributed by atoms with Gasteiger partial charge in [-0.2, -0.15) is 9.97 Å². The Kier molecular flexibility index (Phi) is 7.99. The van der Waals surface area contributed by atoms with E-state index < -0.39 is 11.1 Å². The summed E-state index contributed by atoms with van der Waals surface area (Å²) in [6.07, 6.45) is 2.87. The van der Waals surface area contributed by atoms with Crippen LogP contribution in [0.1, 0.15) is 51.2 Å². The second-order valence-electron chi connectivity index (χ2n) is 7.77. The Morgan fingerprint density at radius 2 is 1.84 bits per heavy atom. The molecule has 9 heteroatoms. The van der Waals surface area contributed by atoms with Crippen molar-refractivity contribution < 1.29 is 4.74 Å². The highest BCUT2D eigenvalue weighted by atomic mass is 16.5. The van der Waals surface area contributed by atoms with Crippen LogP contribution in [0.25, 0.3) is 11.2 Å². The molecule has 0 saturated heterocycles. The monoisotopic (exact) mass is 440 g/mol. The third-order valence-corrected chi connectivity index (χ3v) is 5.39. The van der Waals surface area contributed by atoms with Crippen molar-refractivity contribution in [2.45, 2.75) is 53.1 Å². The van der Waals surface area contributed by atoms with Crippen molar-refractivity contribution in [3.8, 4) is 6.01 Å². The van der Waals surface area contributed by atoms with Gasteiger partial charge in [0.15, 0.2) is 11.5 Å². The molecule has 0 saturated carbocycles. The minimum absolute atomic E-state index is 0.0701. The van der Waals surface area contributed by atoms with Crippen LogP contribution in [0.15, 0.2) is 33.9 Å². The van der Waals surface area contributed by atoms with E-state index in [2.05, 4.69) is 46.7 Å². The molecule has 2 heterocycles. The molecule has 3 N–H and O–H groups in total. The van der Waals surface area contributed by atoms with Crippen molar-refractivity contribution in [3.05, 3.63) is 56.1 Å². The molecule has 32 heavy (non-hydrogen) atoms. The molecular formula is C23H32N6O3. The molecule has 2 aromatic heterocycles. The summed E-state index contributed by atoms with van der Waals surface area (Å²) in [4.78, 5) is 38.6. The summed E-state index contributed by atoms with van der Waals surface area (Å²) in [6.45, 7) is 9.66. The van der Waals surface area contributed by atoms with Gasteiger partial charge >= 0.3 is 17.1 Å². The van der Waals surface area contributed by atoms with Gasteiger partial charge in [0.25, 0.3) is 0 Å². The molecule has 9 nitrogen and oxygen atoms in total. The average molecular weight is 441 g/mol. The van der Waals surface area contributed by atoms with Gasteiger partial charge in [-0.3, -0.25) is 19.1 Å². The molecule has 0 bridgehead atoms. The van der Waals surface area contributed by atoms with E-state index >= 15 is 0 Å². The summed E-state index contributed by atoms with van der Waals surface area (Å²) in [5, 5.41) is 0. The Hall–Kier alpha value is -3.20. The molecule has 3 rings (SSSR count). The highest BCUT2D eigenvalue weighted by Crippen LogP contribution is 2.19. The first-order valence-electron chi connectivity index (χ1n) is 11.2. The zero-order valence-electron chi connectivity index (χ0n) is 19.1. The maximum absolute atomic E-state index is 12.8. The molecular weight excluding hydrogens is 408 g/mol. The number of nitrogens with two attached hydrogens (primary N) is 1. The van der Waals surface area contributed by atoms with Gasteiger partial charge in [-0.15, -0.1) is 0 Å². The zero-order valence-corrected chi connectivity index (χ0v) is 19.1. The summed E-state index contributed by atoms with van der Waals surface area (Å²) in [5.74, 6) is 0.0701. The molecule has 1 aromatic carbocycles. The minimum atomic E-state index is -0.758. The van der Waals surface area contributed by atoms with Gasteiger partial charge in [0.1, 0.15) is 5.52 Å². The molecule has 0 spiro atoms. The minimum Gasteiger partial charge on any atom is -0.463 e. The normalized spacial score (nSPS) is 11.4. The van der Waals surface area contributed by atoms with Crippen LogP contribution in [0.4, 0.5) is 5.82 Å². The first kappa shape index (κ1) is 23.5. The molecule has 0 radical (unpaired) electrons. The highest BCUT2D eigenvalue weighted by molar-refractivity contribution is 5.81. The second kappa shape index (κ2) is 10.9. The number of hydrogen-bond donors (Lipinski definition) is 2. The average Bonchev–Trinajstić information content (AvgIpc) is 2.78. The van der Waals surface area contributed by atoms with E-state index in [1.165, 1.54) is 4.57 Å². The van der Waals surface area contributed by atoms with Gasteiger partial charge in [0.05, 0.1) is 13.2 Å². The Balaban J connectivity index is 2.06. The predicted octanol–water partition coefficient (Wildman–Crippen LogP) is 2.52. The number of aromatic amines is 1. The summed E-state index contributed by atoms with van der Waals surface area (Å²) in [6, 6.07) is 8.03. The molecule has 172 valence electrons. The molecule has 0 aliphatic heterocycles. The Morgan fingerprint density at radius 1 is 1.09 bits per heavy atom. The third-order valence-electron chi connectivity index (χ3n) is 5.39. The van der Waals surface area contributed by atoms with Gasteiger partial charge in [-0.05, 0) is 37.1 Å². The lowest BCUT2D eigenvalue weighted by atomic mass is 10.1. The highest BCUT2D eigenvalue weighted by Gasteiger charge is 2.16. The van der Waals surface area contributed by atoms with Crippen LogP contribution in [-0.4, -0.2) is 44.1 Å². The van der Waals surface area contributed by atoms with E-state index in [9.17, 15) is 9.59 Å². The number of nitrogens with zero attached hydrogens (tertiary/aromatic N) is 4. The number of fused-ring (bicyclic) bond motifs is 1. The largest absolute Gasteiger partial charge is 0.463 e. The number of unbranched alkanes of at least 4 members (excludes halogenated alkanes) is 1. The van der Waals surface area contributed by atoms with Crippen LogP contribution < -0.4 is 21.6 Å². The quantitative estimate of drug-likeness (QED) is 0.347. The van der Waals surface area contributed by atoms with E-state index in [0.29, 0.717) is 6.61 Å². The van der Waals surface area contributed by atoms with Crippen LogP contribution >= 0.6 is 0 Å². The summed E-state index contributed by atoms with van der Waals surface area (Å²) < 4.78 is 6.97. The van der Waals surface area contributed by atoms with Crippen molar-refractivity contribution in [3.63, 3.8) is 0 Å². The molecule has 0 aliphatic rings. The SMILES string of the molecule is CCCCOc1nc(N)c2[nH]c(=O)c(=O)n(Cc3ccccc3CN(CC)CCC)c2n1. The Bertz CT molecular complexity index is 1170. The maximum atomic E-state index is 12.8. The summed E-state index contributed by atoms with van der Waals surface area (Å²) >= 11 is 0. The van der Waals surface area contributed by atoms with E-state index in [1.54, 1.807) is 0 Å². The van der Waals surface area contributed by atoms with Gasteiger partial charge in [0.2, 0.25) is 0 Å². The number of benzene rings is 1. The van der Waals surface area contributed by atoms with Gasteiger partial charge in [-0.25, -0.2) is 0 Å². The fraction of sp³-hybridized carbons (Fsp3) is 0.478. The molecule has 3 aromatic rings. The van der Waals surface area contributed by atoms with Gasteiger partial charge in [-0.1, -0.05) is 51.5 Å². The molecule has 0 fully saturated rings. The van der Waals surface area contributed by atoms with Crippen LogP contribution in [-0.2, 0) is 13.1 Å². The first-order chi connectivity index (χ1) is 15.5. The smallest absolute Gasteiger partial charge is 0.320 e. The summed E-state index contributed by atoms with van der Waals surface area (Å²) in [7, 11) is 0. The van der Waals surface area contributed by atoms with E-state index in [4.69, 9.17) is 10.5 Å². The third kappa shape index (κ3) is 5.34. The molecule has 0 aliphatic carbocycles. The van der Waals surface area contributed by atoms with Crippen LogP contribution in [0.5, 0.6) is 6.01 Å². The fourth-order valence-corrected chi connectivity index (χ4v) is 3.61. The Morgan fingerprint density at radius 3 is 2.53 bits per heavy atom. The number of anilines is 1. The molecule has 0 amide bonds. The van der Waals surface area contributed by atoms with Crippen molar-refractivity contribution in [1.29, 1.82) is 0 Å². The number of rotatable bonds is 11. The fourth-order valence-electron chi connectivity index (χ4n) is 3.61. The van der Waals surface area contributed by atoms with Gasteiger partial charge < -0.3 is 15.5 Å². The zero-order chi connectivity index (χ0) is 23.1. The number of nitrogens with one attached hydrogen (secondary N) is 1. The second-order valence-corrected chi connectivity index (χ2v) is 7.77. The first-order valence-corrected chi connectivity index (χ1v) is 11.2. The van der Waals surface area contributed by atoms with Crippen molar-refractivity contribution in [2.24, 2.45) is 0 Å². The van der Waals surface area contributed by atoms with Crippen LogP contribution in [0, 0.1) is 0 Å². The lowest BCUT2D eigenvalue weighted by Gasteiger charge is -2.21. The lowest BCUT2D eigenvalue weighted by Crippen LogP contribution is -2.37. The Labute approximate surface area is 187 Å². The van der Waals surface area contributed by atoms with E-state index in [-0.39, 0.29) is 29.5 Å². The molecule has 0 atom stereocenters. The topological polar surface area (TPSA) is 119 Å². The standard InChI is InChI=1S/C23H32N6O3/c1-4-7-13-32-23-26-19(24)18-20(27-23)29(22(31)21(30)25-18)15-17-11-9-8-10-16(17)14-28(6-3)12-5-2/h8-11H,4-7,12-15H2,1-3H3,(H,25,30)(H2,24,26,27). The van der Waals surface area contributed by atoms with Crippen molar-refractivity contribution in [1.82, 2.24) is 24.4 Å². The van der Waals surface area contributed by atoms with Crippen LogP contribution in [0.3, 0.4) is 0 Å². The van der Waals surface area contributed by atoms with Gasteiger partial charge in [0, 0.05) is 6.54 Å². The lowest BCUT2D eigenvalue weighted by molar-refractivity contribution is 0.279. The van der Waals surface area contributed by atoms with E-state index in [1.807, 2.05) is 18.2 Å². The number of H-pyrrole nitrogens is 1. The van der Waals surface area contributed by atoms with E-state index in [0.717, 1.165) is 50.0 Å². The predicted molar refractivity (Wildman–Crippen MR) is 126 cm³/mol. The number of nitrogen functional groups attached to an aromatic ring is 1. The van der Waals surface area contributed by atoms with Crippen LogP contribution in [0.2, 0.25) is 0 Å². The maximum Gasteiger partial charge on any atom is 0.320 e. The number of hydrogen-bond acceptors (Lipinski definition) is 7. The van der Waals surface area contributed by atoms with Crippen molar-refractivity contribution in [2.75, 3.05) is 25.4 Å².